The van der Waals surface area contributed by atoms with Gasteiger partial charge in [-0.15, -0.1) is 0 Å². The van der Waals surface area contributed by atoms with Crippen LogP contribution in [0.2, 0.25) is 5.02 Å². The Balaban J connectivity index is 1.79. The third-order valence-corrected chi connectivity index (χ3v) is 2.69. The van der Waals surface area contributed by atoms with Gasteiger partial charge in [0.1, 0.15) is 5.75 Å². The first kappa shape index (κ1) is 10.8. The van der Waals surface area contributed by atoms with E-state index in [9.17, 15) is 0 Å². The fourth-order valence-corrected chi connectivity index (χ4v) is 1.68. The molecule has 81 valence electrons. The van der Waals surface area contributed by atoms with Gasteiger partial charge in [-0.3, -0.25) is 0 Å². The molecule has 0 aliphatic carbocycles. The maximum atomic E-state index is 5.78. The number of rotatable bonds is 3. The second-order valence-corrected chi connectivity index (χ2v) is 4.14. The number of hydrogen-bond donors (Lipinski definition) is 0. The summed E-state index contributed by atoms with van der Waals surface area (Å²) in [5.41, 5.74) is 0. The maximum Gasteiger partial charge on any atom is 0.119 e. The Hall–Kier alpha value is -0.730. The van der Waals surface area contributed by atoms with E-state index in [0.29, 0.717) is 5.92 Å². The van der Waals surface area contributed by atoms with Gasteiger partial charge >= 0.3 is 0 Å². The zero-order valence-corrected chi connectivity index (χ0v) is 9.24. The Kier molecular flexibility index (Phi) is 3.87. The van der Waals surface area contributed by atoms with Gasteiger partial charge in [-0.25, -0.2) is 0 Å². The molecule has 0 aromatic heterocycles. The smallest absolute Gasteiger partial charge is 0.119 e. The van der Waals surface area contributed by atoms with Crippen molar-refractivity contribution in [2.75, 3.05) is 13.2 Å². The minimum absolute atomic E-state index is 0.505. The monoisotopic (exact) mass is 225 g/mol. The van der Waals surface area contributed by atoms with Gasteiger partial charge in [0, 0.05) is 10.9 Å². The van der Waals surface area contributed by atoms with Gasteiger partial charge < -0.3 is 9.47 Å². The number of hydrogen-bond acceptors (Lipinski definition) is 2. The van der Waals surface area contributed by atoms with Gasteiger partial charge in [-0.05, 0) is 37.1 Å². The molecule has 1 radical (unpaired) electrons. The van der Waals surface area contributed by atoms with Crippen LogP contribution in [0.3, 0.4) is 0 Å². The largest absolute Gasteiger partial charge is 0.493 e. The molecular weight excluding hydrogens is 212 g/mol. The molecular formula is C12H14ClO2. The van der Waals surface area contributed by atoms with Crippen LogP contribution in [0, 0.1) is 12.5 Å². The van der Waals surface area contributed by atoms with Crippen molar-refractivity contribution in [1.29, 1.82) is 0 Å². The SMILES string of the molecule is Clc1ccc(OCC2CC[CH]OC2)cc1. The molecule has 1 heterocycles. The van der Waals surface area contributed by atoms with Crippen LogP contribution in [0.15, 0.2) is 24.3 Å². The zero-order chi connectivity index (χ0) is 10.5. The summed E-state index contributed by atoms with van der Waals surface area (Å²) >= 11 is 5.78. The average molecular weight is 226 g/mol. The van der Waals surface area contributed by atoms with Gasteiger partial charge in [-0.2, -0.15) is 0 Å². The highest BCUT2D eigenvalue weighted by Gasteiger charge is 2.14. The van der Waals surface area contributed by atoms with E-state index >= 15 is 0 Å². The molecule has 0 bridgehead atoms. The fourth-order valence-electron chi connectivity index (χ4n) is 1.55. The molecule has 1 unspecified atom stereocenters. The van der Waals surface area contributed by atoms with E-state index in [4.69, 9.17) is 21.1 Å². The van der Waals surface area contributed by atoms with E-state index in [1.165, 1.54) is 0 Å². The van der Waals surface area contributed by atoms with Gasteiger partial charge in [0.25, 0.3) is 0 Å². The predicted molar refractivity (Wildman–Crippen MR) is 59.9 cm³/mol. The summed E-state index contributed by atoms with van der Waals surface area (Å²) in [7, 11) is 0. The highest BCUT2D eigenvalue weighted by atomic mass is 35.5. The van der Waals surface area contributed by atoms with Crippen molar-refractivity contribution >= 4 is 11.6 Å². The van der Waals surface area contributed by atoms with Crippen molar-refractivity contribution < 1.29 is 9.47 Å². The lowest BCUT2D eigenvalue weighted by molar-refractivity contribution is 0.0769. The summed E-state index contributed by atoms with van der Waals surface area (Å²) in [6, 6.07) is 7.44. The van der Waals surface area contributed by atoms with Crippen LogP contribution in [0.25, 0.3) is 0 Å². The third-order valence-electron chi connectivity index (χ3n) is 2.44. The Bertz CT molecular complexity index is 291. The van der Waals surface area contributed by atoms with E-state index in [-0.39, 0.29) is 0 Å². The molecule has 2 nitrogen and oxygen atoms in total. The number of ether oxygens (including phenoxy) is 2. The van der Waals surface area contributed by atoms with Crippen molar-refractivity contribution in [2.24, 2.45) is 5.92 Å². The van der Waals surface area contributed by atoms with Crippen LogP contribution in [0.1, 0.15) is 12.8 Å². The highest BCUT2D eigenvalue weighted by Crippen LogP contribution is 2.19. The molecule has 1 aliphatic heterocycles. The molecule has 1 atom stereocenters. The van der Waals surface area contributed by atoms with Gasteiger partial charge in [-0.1, -0.05) is 11.6 Å². The first-order valence-corrected chi connectivity index (χ1v) is 5.54. The van der Waals surface area contributed by atoms with Crippen molar-refractivity contribution in [3.63, 3.8) is 0 Å². The molecule has 0 saturated carbocycles. The lowest BCUT2D eigenvalue weighted by Crippen LogP contribution is -2.21. The Labute approximate surface area is 95.1 Å². The standard InChI is InChI=1S/C12H14ClO2/c13-11-3-5-12(6-4-11)15-9-10-2-1-7-14-8-10/h3-7,10H,1-2,8-9H2. The van der Waals surface area contributed by atoms with E-state index < -0.39 is 0 Å². The normalized spacial score (nSPS) is 21.3. The van der Waals surface area contributed by atoms with Crippen molar-refractivity contribution in [3.05, 3.63) is 35.9 Å². The summed E-state index contributed by atoms with van der Waals surface area (Å²) in [4.78, 5) is 0. The molecule has 1 aliphatic rings. The molecule has 0 amide bonds. The molecule has 1 aromatic rings. The molecule has 1 aromatic carbocycles. The molecule has 1 fully saturated rings. The Morgan fingerprint density at radius 3 is 2.80 bits per heavy atom. The zero-order valence-electron chi connectivity index (χ0n) is 8.49. The second kappa shape index (κ2) is 5.38. The predicted octanol–water partition coefficient (Wildman–Crippen LogP) is 3.31. The first-order chi connectivity index (χ1) is 7.34. The average Bonchev–Trinajstić information content (AvgIpc) is 2.30. The Morgan fingerprint density at radius 2 is 2.13 bits per heavy atom. The maximum absolute atomic E-state index is 5.78. The summed E-state index contributed by atoms with van der Waals surface area (Å²) < 4.78 is 10.9. The summed E-state index contributed by atoms with van der Waals surface area (Å²) in [5, 5.41) is 0.734. The lowest BCUT2D eigenvalue weighted by atomic mass is 10.0. The molecule has 2 rings (SSSR count). The van der Waals surface area contributed by atoms with Crippen molar-refractivity contribution in [1.82, 2.24) is 0 Å². The quantitative estimate of drug-likeness (QED) is 0.786. The summed E-state index contributed by atoms with van der Waals surface area (Å²) in [6.45, 7) is 3.36. The van der Waals surface area contributed by atoms with E-state index in [0.717, 1.165) is 36.8 Å². The molecule has 0 spiro atoms. The highest BCUT2D eigenvalue weighted by molar-refractivity contribution is 6.30. The third kappa shape index (κ3) is 3.40. The van der Waals surface area contributed by atoms with Gasteiger partial charge in [0.15, 0.2) is 0 Å². The van der Waals surface area contributed by atoms with E-state index in [1.54, 1.807) is 0 Å². The van der Waals surface area contributed by atoms with E-state index in [1.807, 2.05) is 30.9 Å². The summed E-state index contributed by atoms with van der Waals surface area (Å²) in [5.74, 6) is 1.37. The van der Waals surface area contributed by atoms with Gasteiger partial charge in [0.05, 0.1) is 19.8 Å². The van der Waals surface area contributed by atoms with Crippen LogP contribution in [-0.2, 0) is 4.74 Å². The summed E-state index contributed by atoms with van der Waals surface area (Å²) in [6.07, 6.45) is 2.17. The first-order valence-electron chi connectivity index (χ1n) is 5.16. The van der Waals surface area contributed by atoms with Crippen LogP contribution < -0.4 is 4.74 Å². The van der Waals surface area contributed by atoms with Gasteiger partial charge in [0.2, 0.25) is 0 Å². The number of benzene rings is 1. The molecule has 3 heteroatoms. The van der Waals surface area contributed by atoms with Crippen LogP contribution >= 0.6 is 11.6 Å². The molecule has 15 heavy (non-hydrogen) atoms. The second-order valence-electron chi connectivity index (χ2n) is 3.71. The molecule has 1 saturated heterocycles. The van der Waals surface area contributed by atoms with Crippen molar-refractivity contribution in [3.8, 4) is 5.75 Å². The van der Waals surface area contributed by atoms with E-state index in [2.05, 4.69) is 0 Å². The fraction of sp³-hybridized carbons (Fsp3) is 0.417. The number of halogens is 1. The topological polar surface area (TPSA) is 18.5 Å². The van der Waals surface area contributed by atoms with Crippen molar-refractivity contribution in [2.45, 2.75) is 12.8 Å². The molecule has 0 N–H and O–H groups in total. The minimum Gasteiger partial charge on any atom is -0.493 e. The van der Waals surface area contributed by atoms with Crippen LogP contribution in [0.5, 0.6) is 5.75 Å². The lowest BCUT2D eigenvalue weighted by Gasteiger charge is -2.21. The Morgan fingerprint density at radius 1 is 1.33 bits per heavy atom. The van der Waals surface area contributed by atoms with Crippen LogP contribution in [-0.4, -0.2) is 13.2 Å². The minimum atomic E-state index is 0.505. The van der Waals surface area contributed by atoms with Crippen LogP contribution in [0.4, 0.5) is 0 Å².